The van der Waals surface area contributed by atoms with Crippen LogP contribution in [0.25, 0.3) is 0 Å². The maximum atomic E-state index is 13.2. The number of anilines is 1. The Labute approximate surface area is 245 Å². The van der Waals surface area contributed by atoms with Gasteiger partial charge in [0.2, 0.25) is 0 Å². The van der Waals surface area contributed by atoms with Crippen LogP contribution in [0, 0.1) is 11.3 Å². The molecule has 0 aromatic heterocycles. The maximum Gasteiger partial charge on any atom is 0.258 e. The van der Waals surface area contributed by atoms with Gasteiger partial charge in [0.25, 0.3) is 11.8 Å². The summed E-state index contributed by atoms with van der Waals surface area (Å²) in [6.45, 7) is 12.5. The molecule has 2 amide bonds. The fourth-order valence-corrected chi connectivity index (χ4v) is 5.58. The molecule has 1 aliphatic heterocycles. The number of benzene rings is 2. The number of carbonyl (C=O) groups excluding carboxylic acids is 2. The predicted octanol–water partition coefficient (Wildman–Crippen LogP) is 5.83. The second-order valence-corrected chi connectivity index (χ2v) is 12.4. The van der Waals surface area contributed by atoms with Crippen LogP contribution in [0.5, 0.6) is 5.75 Å². The van der Waals surface area contributed by atoms with Gasteiger partial charge < -0.3 is 24.5 Å². The van der Waals surface area contributed by atoms with Crippen LogP contribution < -0.4 is 9.64 Å². The molecule has 2 atom stereocenters. The summed E-state index contributed by atoms with van der Waals surface area (Å²) in [5.41, 5.74) is 0.582. The van der Waals surface area contributed by atoms with E-state index in [1.807, 2.05) is 32.0 Å². The number of nitrogens with zero attached hydrogens (tertiary/aromatic N) is 3. The van der Waals surface area contributed by atoms with Crippen LogP contribution in [-0.4, -0.2) is 73.6 Å². The minimum absolute atomic E-state index is 0.0694. The normalized spacial score (nSPS) is 17.2. The molecule has 1 saturated heterocycles. The molecule has 1 aliphatic rings. The molecule has 3 rings (SSSR count). The van der Waals surface area contributed by atoms with Gasteiger partial charge in [-0.15, -0.1) is 0 Å². The summed E-state index contributed by atoms with van der Waals surface area (Å²) < 4.78 is 5.26. The first-order valence-corrected chi connectivity index (χ1v) is 14.5. The molecule has 0 spiro atoms. The monoisotopic (exact) mass is 571 g/mol. The van der Waals surface area contributed by atoms with Gasteiger partial charge in [-0.25, -0.2) is 0 Å². The zero-order chi connectivity index (χ0) is 29.8. The summed E-state index contributed by atoms with van der Waals surface area (Å²) in [5.74, 6) is 0.597. The molecule has 1 unspecified atom stereocenters. The molecule has 40 heavy (non-hydrogen) atoms. The van der Waals surface area contributed by atoms with Crippen molar-refractivity contribution in [3.8, 4) is 5.75 Å². The van der Waals surface area contributed by atoms with Crippen molar-refractivity contribution >= 4 is 29.1 Å². The van der Waals surface area contributed by atoms with Gasteiger partial charge in [-0.1, -0.05) is 37.6 Å². The van der Waals surface area contributed by atoms with E-state index in [2.05, 4.69) is 18.7 Å². The fraction of sp³-hybridized carbons (Fsp3) is 0.562. The Kier molecular flexibility index (Phi) is 10.2. The number of methoxy groups -OCH3 is 1. The Morgan fingerprint density at radius 3 is 2.35 bits per heavy atom. The molecular weight excluding hydrogens is 526 g/mol. The fourth-order valence-electron chi connectivity index (χ4n) is 5.33. The van der Waals surface area contributed by atoms with Crippen molar-refractivity contribution in [2.45, 2.75) is 65.5 Å². The lowest BCUT2D eigenvalue weighted by atomic mass is 9.69. The van der Waals surface area contributed by atoms with E-state index in [4.69, 9.17) is 16.3 Å². The van der Waals surface area contributed by atoms with E-state index in [1.165, 1.54) is 0 Å². The number of rotatable bonds is 10. The van der Waals surface area contributed by atoms with Gasteiger partial charge >= 0.3 is 0 Å². The van der Waals surface area contributed by atoms with Crippen LogP contribution in [-0.2, 0) is 10.4 Å². The maximum absolute atomic E-state index is 13.2. The van der Waals surface area contributed by atoms with E-state index >= 15 is 0 Å². The summed E-state index contributed by atoms with van der Waals surface area (Å²) >= 11 is 6.55. The van der Waals surface area contributed by atoms with Crippen LogP contribution in [0.15, 0.2) is 42.5 Å². The Balaban J connectivity index is 1.57. The highest BCUT2D eigenvalue weighted by atomic mass is 35.5. The Hall–Kier alpha value is -2.77. The van der Waals surface area contributed by atoms with Crippen molar-refractivity contribution in [2.75, 3.05) is 45.7 Å². The molecule has 0 radical (unpaired) electrons. The van der Waals surface area contributed by atoms with Crippen LogP contribution in [0.1, 0.15) is 69.8 Å². The lowest BCUT2D eigenvalue weighted by molar-refractivity contribution is -0.149. The number of ether oxygens (including phenoxy) is 1. The van der Waals surface area contributed by atoms with Crippen molar-refractivity contribution in [3.63, 3.8) is 0 Å². The van der Waals surface area contributed by atoms with Gasteiger partial charge in [-0.2, -0.15) is 0 Å². The van der Waals surface area contributed by atoms with E-state index in [0.29, 0.717) is 34.4 Å². The van der Waals surface area contributed by atoms with Crippen molar-refractivity contribution in [1.29, 1.82) is 0 Å². The Bertz CT molecular complexity index is 1190. The number of amides is 2. The van der Waals surface area contributed by atoms with E-state index < -0.39 is 5.60 Å². The Morgan fingerprint density at radius 1 is 1.12 bits per heavy atom. The lowest BCUT2D eigenvalue weighted by Crippen LogP contribution is -2.45. The first-order chi connectivity index (χ1) is 18.7. The molecule has 2 aromatic rings. The second-order valence-electron chi connectivity index (χ2n) is 12.0. The number of halogens is 1. The van der Waals surface area contributed by atoms with Crippen molar-refractivity contribution in [3.05, 3.63) is 58.6 Å². The van der Waals surface area contributed by atoms with Crippen LogP contribution >= 0.6 is 11.6 Å². The highest BCUT2D eigenvalue weighted by molar-refractivity contribution is 6.34. The average molecular weight is 572 g/mol. The summed E-state index contributed by atoms with van der Waals surface area (Å²) in [5, 5.41) is 11.6. The lowest BCUT2D eigenvalue weighted by Gasteiger charge is -2.44. The van der Waals surface area contributed by atoms with Gasteiger partial charge in [-0.05, 0) is 87.3 Å². The molecule has 1 N–H and O–H groups in total. The minimum atomic E-state index is -1.63. The number of aliphatic hydroxyl groups is 1. The number of piperidine rings is 1. The third-order valence-corrected chi connectivity index (χ3v) is 9.34. The molecule has 8 heteroatoms. The zero-order valence-electron chi connectivity index (χ0n) is 25.3. The second kappa shape index (κ2) is 12.8. The summed E-state index contributed by atoms with van der Waals surface area (Å²) in [4.78, 5) is 31.6. The number of likely N-dealkylation sites (N-methyl/N-ethyl adjacent to an activating group) is 1. The number of hydrogen-bond donors (Lipinski definition) is 1. The molecule has 1 heterocycles. The molecule has 220 valence electrons. The molecule has 1 fully saturated rings. The quantitative estimate of drug-likeness (QED) is 0.388. The number of hydrogen-bond acceptors (Lipinski definition) is 5. The van der Waals surface area contributed by atoms with Crippen LogP contribution in [0.4, 0.5) is 5.69 Å². The van der Waals surface area contributed by atoms with E-state index in [9.17, 15) is 14.7 Å². The summed E-state index contributed by atoms with van der Waals surface area (Å²) in [6, 6.07) is 12.8. The van der Waals surface area contributed by atoms with E-state index in [-0.39, 0.29) is 23.3 Å². The van der Waals surface area contributed by atoms with Gasteiger partial charge in [0.1, 0.15) is 5.75 Å². The predicted molar refractivity (Wildman–Crippen MR) is 162 cm³/mol. The summed E-state index contributed by atoms with van der Waals surface area (Å²) in [6.07, 6.45) is 2.88. The zero-order valence-corrected chi connectivity index (χ0v) is 26.1. The topological polar surface area (TPSA) is 73.3 Å². The SMILES string of the molecule is COc1cccc([C@@](C)(O)C(=O)N(C)CCC(C)C2(C)CCN(c3ccc(C(=O)N(C)C(C)C)c(Cl)c3)CC2)c1. The van der Waals surface area contributed by atoms with Gasteiger partial charge in [0, 0.05) is 45.5 Å². The average Bonchev–Trinajstić information content (AvgIpc) is 2.94. The van der Waals surface area contributed by atoms with Gasteiger partial charge in [-0.3, -0.25) is 9.59 Å². The smallest absolute Gasteiger partial charge is 0.258 e. The van der Waals surface area contributed by atoms with E-state index in [1.54, 1.807) is 62.2 Å². The van der Waals surface area contributed by atoms with Crippen LogP contribution in [0.3, 0.4) is 0 Å². The largest absolute Gasteiger partial charge is 0.497 e. The molecule has 0 saturated carbocycles. The Morgan fingerprint density at radius 2 is 1.77 bits per heavy atom. The van der Waals surface area contributed by atoms with Crippen molar-refractivity contribution < 1.29 is 19.4 Å². The third kappa shape index (κ3) is 6.92. The standard InChI is InChI=1S/C32H46ClN3O4/c1-22(2)35(7)29(37)27-13-12-25(21-28(27)33)36-18-15-31(4,16-19-36)23(3)14-17-34(6)30(38)32(5,39)24-10-9-11-26(20-24)40-8/h9-13,20-23,39H,14-19H2,1-8H3/t23?,32-/m1/s1. The molecule has 0 aliphatic carbocycles. The minimum Gasteiger partial charge on any atom is -0.497 e. The first kappa shape index (κ1) is 31.8. The van der Waals surface area contributed by atoms with E-state index in [0.717, 1.165) is 38.0 Å². The third-order valence-electron chi connectivity index (χ3n) is 9.03. The van der Waals surface area contributed by atoms with Gasteiger partial charge in [0.05, 0.1) is 17.7 Å². The van der Waals surface area contributed by atoms with Crippen molar-refractivity contribution in [2.24, 2.45) is 11.3 Å². The molecule has 2 aromatic carbocycles. The highest BCUT2D eigenvalue weighted by Gasteiger charge is 2.38. The molecule has 0 bridgehead atoms. The highest BCUT2D eigenvalue weighted by Crippen LogP contribution is 2.41. The molecular formula is C32H46ClN3O4. The van der Waals surface area contributed by atoms with Crippen molar-refractivity contribution in [1.82, 2.24) is 9.80 Å². The van der Waals surface area contributed by atoms with Crippen LogP contribution in [0.2, 0.25) is 5.02 Å². The summed E-state index contributed by atoms with van der Waals surface area (Å²) in [7, 11) is 5.11. The number of carbonyl (C=O) groups is 2. The van der Waals surface area contributed by atoms with Gasteiger partial charge in [0.15, 0.2) is 5.60 Å². The molecule has 7 nitrogen and oxygen atoms in total. The first-order valence-electron chi connectivity index (χ1n) is 14.2.